The molecule has 0 unspecified atom stereocenters. The summed E-state index contributed by atoms with van der Waals surface area (Å²) in [4.78, 5) is 15.2. The van der Waals surface area contributed by atoms with E-state index < -0.39 is 28.8 Å². The molecule has 0 aliphatic rings. The minimum Gasteiger partial charge on any atom is -0.481 e. The molecule has 0 bridgehead atoms. The molecule has 0 atom stereocenters. The number of carboxylic acids is 1. The first-order valence-corrected chi connectivity index (χ1v) is 6.70. The van der Waals surface area contributed by atoms with Gasteiger partial charge < -0.3 is 10.4 Å². The zero-order valence-corrected chi connectivity index (χ0v) is 11.9. The Kier molecular flexibility index (Phi) is 3.91. The summed E-state index contributed by atoms with van der Waals surface area (Å²) in [7, 11) is 0. The molecule has 0 amide bonds. The second kappa shape index (κ2) is 5.36. The Balaban J connectivity index is 2.28. The highest BCUT2D eigenvalue weighted by atomic mass is 32.1. The Morgan fingerprint density at radius 3 is 2.48 bits per heavy atom. The topological polar surface area (TPSA) is 62.2 Å². The molecule has 2 aromatic rings. The van der Waals surface area contributed by atoms with Crippen molar-refractivity contribution < 1.29 is 23.1 Å². The first-order valence-electron chi connectivity index (χ1n) is 5.83. The van der Waals surface area contributed by atoms with Crippen LogP contribution in [-0.2, 0) is 10.2 Å². The van der Waals surface area contributed by atoms with Crippen molar-refractivity contribution in [2.24, 2.45) is 0 Å². The molecule has 21 heavy (non-hydrogen) atoms. The van der Waals surface area contributed by atoms with Crippen molar-refractivity contribution in [3.05, 3.63) is 40.7 Å². The monoisotopic (exact) mass is 316 g/mol. The van der Waals surface area contributed by atoms with Crippen LogP contribution in [0.1, 0.15) is 19.5 Å². The van der Waals surface area contributed by atoms with E-state index in [4.69, 9.17) is 5.11 Å². The van der Waals surface area contributed by atoms with Crippen molar-refractivity contribution in [2.45, 2.75) is 19.3 Å². The summed E-state index contributed by atoms with van der Waals surface area (Å²) in [6.07, 6.45) is 0. The molecule has 0 aliphatic carbocycles. The summed E-state index contributed by atoms with van der Waals surface area (Å²) < 4.78 is 39.4. The van der Waals surface area contributed by atoms with E-state index >= 15 is 0 Å². The minimum absolute atomic E-state index is 0.184. The normalized spacial score (nSPS) is 11.5. The molecular formula is C13H11F3N2O2S. The van der Waals surface area contributed by atoms with Gasteiger partial charge in [0, 0.05) is 17.5 Å². The van der Waals surface area contributed by atoms with Gasteiger partial charge in [0.2, 0.25) is 0 Å². The van der Waals surface area contributed by atoms with Crippen LogP contribution in [-0.4, -0.2) is 16.1 Å². The smallest absolute Gasteiger partial charge is 0.315 e. The molecule has 0 saturated heterocycles. The summed E-state index contributed by atoms with van der Waals surface area (Å²) in [5, 5.41) is 13.3. The van der Waals surface area contributed by atoms with Gasteiger partial charge in [0.1, 0.15) is 11.2 Å². The highest BCUT2D eigenvalue weighted by Gasteiger charge is 2.32. The molecule has 1 aromatic heterocycles. The highest BCUT2D eigenvalue weighted by molar-refractivity contribution is 7.13. The zero-order chi connectivity index (χ0) is 15.8. The van der Waals surface area contributed by atoms with Crippen LogP contribution in [0.4, 0.5) is 24.0 Å². The van der Waals surface area contributed by atoms with Crippen molar-refractivity contribution in [3.63, 3.8) is 0 Å². The van der Waals surface area contributed by atoms with E-state index in [2.05, 4.69) is 10.3 Å². The molecule has 0 fully saturated rings. The van der Waals surface area contributed by atoms with Crippen LogP contribution < -0.4 is 5.32 Å². The summed E-state index contributed by atoms with van der Waals surface area (Å²) in [5.41, 5.74) is -1.20. The number of carboxylic acid groups (broad SMARTS) is 1. The van der Waals surface area contributed by atoms with Crippen LogP contribution in [0.25, 0.3) is 0 Å². The number of carbonyl (C=O) groups is 1. The largest absolute Gasteiger partial charge is 0.481 e. The fraction of sp³-hybridized carbons (Fsp3) is 0.231. The quantitative estimate of drug-likeness (QED) is 0.845. The zero-order valence-electron chi connectivity index (χ0n) is 11.1. The number of rotatable bonds is 4. The predicted molar refractivity (Wildman–Crippen MR) is 72.4 cm³/mol. The molecule has 1 aromatic carbocycles. The summed E-state index contributed by atoms with van der Waals surface area (Å²) >= 11 is 1.04. The van der Waals surface area contributed by atoms with Crippen LogP contribution in [0.3, 0.4) is 0 Å². The van der Waals surface area contributed by atoms with E-state index in [0.717, 1.165) is 11.3 Å². The predicted octanol–water partition coefficient (Wildman–Crippen LogP) is 3.67. The fourth-order valence-corrected chi connectivity index (χ4v) is 2.35. The Bertz CT molecular complexity index is 701. The molecule has 8 heteroatoms. The maximum absolute atomic E-state index is 13.5. The SMILES string of the molecule is CC(C)(C(=O)O)c1csc(Nc2cc(F)c(F)cc2F)n1. The van der Waals surface area contributed by atoms with Crippen molar-refractivity contribution in [3.8, 4) is 0 Å². The number of halogens is 3. The second-order valence-electron chi connectivity index (χ2n) is 4.84. The second-order valence-corrected chi connectivity index (χ2v) is 5.70. The number of nitrogens with zero attached hydrogens (tertiary/aromatic N) is 1. The van der Waals surface area contributed by atoms with Gasteiger partial charge in [-0.25, -0.2) is 18.2 Å². The molecular weight excluding hydrogens is 305 g/mol. The summed E-state index contributed by atoms with van der Waals surface area (Å²) in [6.45, 7) is 2.96. The number of benzene rings is 1. The lowest BCUT2D eigenvalue weighted by Gasteiger charge is -2.15. The third-order valence-corrected chi connectivity index (χ3v) is 3.69. The van der Waals surface area contributed by atoms with Gasteiger partial charge in [-0.2, -0.15) is 0 Å². The third-order valence-electron chi connectivity index (χ3n) is 2.93. The lowest BCUT2D eigenvalue weighted by atomic mass is 9.90. The van der Waals surface area contributed by atoms with E-state index in [1.54, 1.807) is 0 Å². The molecule has 112 valence electrons. The van der Waals surface area contributed by atoms with Crippen molar-refractivity contribution >= 4 is 28.1 Å². The number of anilines is 2. The average Bonchev–Trinajstić information content (AvgIpc) is 2.85. The Morgan fingerprint density at radius 2 is 1.86 bits per heavy atom. The first kappa shape index (κ1) is 15.3. The molecule has 1 heterocycles. The van der Waals surface area contributed by atoms with E-state index in [0.29, 0.717) is 12.1 Å². The third kappa shape index (κ3) is 2.99. The lowest BCUT2D eigenvalue weighted by molar-refractivity contribution is -0.142. The van der Waals surface area contributed by atoms with Crippen LogP contribution in [0.2, 0.25) is 0 Å². The number of hydrogen-bond acceptors (Lipinski definition) is 4. The standard InChI is InChI=1S/C13H11F3N2O2S/c1-13(2,11(19)20)10-5-21-12(18-10)17-9-4-7(15)6(14)3-8(9)16/h3-5H,1-2H3,(H,17,18)(H,19,20). The van der Waals surface area contributed by atoms with E-state index in [1.807, 2.05) is 0 Å². The number of thiazole rings is 1. The minimum atomic E-state index is -1.29. The average molecular weight is 316 g/mol. The van der Waals surface area contributed by atoms with Gasteiger partial charge in [0.15, 0.2) is 16.8 Å². The molecule has 2 rings (SSSR count). The number of aliphatic carboxylic acids is 1. The van der Waals surface area contributed by atoms with E-state index in [1.165, 1.54) is 19.2 Å². The van der Waals surface area contributed by atoms with Gasteiger partial charge >= 0.3 is 5.97 Å². The van der Waals surface area contributed by atoms with Gasteiger partial charge in [-0.1, -0.05) is 0 Å². The molecule has 2 N–H and O–H groups in total. The van der Waals surface area contributed by atoms with Crippen molar-refractivity contribution in [1.29, 1.82) is 0 Å². The van der Waals surface area contributed by atoms with Gasteiger partial charge in [0.25, 0.3) is 0 Å². The number of aromatic nitrogens is 1. The maximum atomic E-state index is 13.5. The Labute approximate surface area is 122 Å². The van der Waals surface area contributed by atoms with Crippen molar-refractivity contribution in [2.75, 3.05) is 5.32 Å². The Hall–Kier alpha value is -2.09. The summed E-state index contributed by atoms with van der Waals surface area (Å²) in [6, 6.07) is 1.10. The van der Waals surface area contributed by atoms with Crippen molar-refractivity contribution in [1.82, 2.24) is 4.98 Å². The number of hydrogen-bond donors (Lipinski definition) is 2. The summed E-state index contributed by atoms with van der Waals surface area (Å²) in [5.74, 6) is -4.51. The first-order chi connectivity index (χ1) is 9.71. The van der Waals surface area contributed by atoms with Crippen LogP contribution >= 0.6 is 11.3 Å². The van der Waals surface area contributed by atoms with Gasteiger partial charge in [-0.15, -0.1) is 11.3 Å². The van der Waals surface area contributed by atoms with Crippen LogP contribution in [0.5, 0.6) is 0 Å². The maximum Gasteiger partial charge on any atom is 0.315 e. The molecule has 0 aliphatic heterocycles. The lowest BCUT2D eigenvalue weighted by Crippen LogP contribution is -2.28. The van der Waals surface area contributed by atoms with Gasteiger partial charge in [-0.3, -0.25) is 4.79 Å². The highest BCUT2D eigenvalue weighted by Crippen LogP contribution is 2.30. The molecule has 0 spiro atoms. The number of nitrogens with one attached hydrogen (secondary N) is 1. The van der Waals surface area contributed by atoms with Crippen LogP contribution in [0.15, 0.2) is 17.5 Å². The molecule has 0 radical (unpaired) electrons. The van der Waals surface area contributed by atoms with Gasteiger partial charge in [-0.05, 0) is 13.8 Å². The molecule has 4 nitrogen and oxygen atoms in total. The van der Waals surface area contributed by atoms with Crippen LogP contribution in [0, 0.1) is 17.5 Å². The van der Waals surface area contributed by atoms with E-state index in [9.17, 15) is 18.0 Å². The van der Waals surface area contributed by atoms with E-state index in [-0.39, 0.29) is 16.5 Å². The molecule has 0 saturated carbocycles. The van der Waals surface area contributed by atoms with Gasteiger partial charge in [0.05, 0.1) is 11.4 Å². The Morgan fingerprint density at radius 1 is 1.24 bits per heavy atom. The fourth-order valence-electron chi connectivity index (χ4n) is 1.46.